The Bertz CT molecular complexity index is 718. The Kier molecular flexibility index (Phi) is 5.54. The molecule has 1 heterocycles. The van der Waals surface area contributed by atoms with Crippen molar-refractivity contribution in [1.29, 1.82) is 0 Å². The minimum atomic E-state index is -0.0596. The molecule has 0 spiro atoms. The van der Waals surface area contributed by atoms with Gasteiger partial charge in [0, 0.05) is 27.8 Å². The van der Waals surface area contributed by atoms with Crippen LogP contribution in [0.3, 0.4) is 0 Å². The first-order valence-electron chi connectivity index (χ1n) is 7.96. The highest BCUT2D eigenvalue weighted by Crippen LogP contribution is 2.36. The summed E-state index contributed by atoms with van der Waals surface area (Å²) >= 11 is 9.66. The molecule has 0 bridgehead atoms. The van der Waals surface area contributed by atoms with Crippen molar-refractivity contribution >= 4 is 39.3 Å². The SMILES string of the molecule is CC(c1ccccc1Cl)N(CC(=O)Nc1ccc(Br)cn1)C1CC1. The van der Waals surface area contributed by atoms with E-state index in [4.69, 9.17) is 11.6 Å². The number of nitrogens with one attached hydrogen (secondary N) is 1. The molecular weight excluding hydrogens is 390 g/mol. The quantitative estimate of drug-likeness (QED) is 0.756. The van der Waals surface area contributed by atoms with Gasteiger partial charge in [0.1, 0.15) is 5.82 Å². The van der Waals surface area contributed by atoms with Gasteiger partial charge in [-0.2, -0.15) is 0 Å². The minimum absolute atomic E-state index is 0.0596. The van der Waals surface area contributed by atoms with Gasteiger partial charge in [0.25, 0.3) is 0 Å². The second kappa shape index (κ2) is 7.64. The van der Waals surface area contributed by atoms with Crippen molar-refractivity contribution < 1.29 is 4.79 Å². The van der Waals surface area contributed by atoms with Crippen molar-refractivity contribution in [3.8, 4) is 0 Å². The highest BCUT2D eigenvalue weighted by molar-refractivity contribution is 9.10. The van der Waals surface area contributed by atoms with E-state index in [0.29, 0.717) is 18.4 Å². The molecule has 1 atom stereocenters. The summed E-state index contributed by atoms with van der Waals surface area (Å²) in [6.45, 7) is 2.43. The topological polar surface area (TPSA) is 45.2 Å². The fourth-order valence-corrected chi connectivity index (χ4v) is 3.31. The van der Waals surface area contributed by atoms with Gasteiger partial charge in [0.05, 0.1) is 6.54 Å². The van der Waals surface area contributed by atoms with Crippen LogP contribution in [0, 0.1) is 0 Å². The number of amides is 1. The van der Waals surface area contributed by atoms with Crippen molar-refractivity contribution in [3.63, 3.8) is 0 Å². The fourth-order valence-electron chi connectivity index (χ4n) is 2.78. The molecule has 4 nitrogen and oxygen atoms in total. The number of hydrogen-bond acceptors (Lipinski definition) is 3. The Morgan fingerprint density at radius 2 is 2.12 bits per heavy atom. The molecule has 2 aromatic rings. The van der Waals surface area contributed by atoms with Gasteiger partial charge in [-0.15, -0.1) is 0 Å². The summed E-state index contributed by atoms with van der Waals surface area (Å²) in [4.78, 5) is 18.8. The summed E-state index contributed by atoms with van der Waals surface area (Å²) in [6.07, 6.45) is 3.91. The van der Waals surface area contributed by atoms with Crippen LogP contribution in [0.15, 0.2) is 47.1 Å². The van der Waals surface area contributed by atoms with E-state index in [1.165, 1.54) is 0 Å². The molecule has 1 aromatic carbocycles. The van der Waals surface area contributed by atoms with Gasteiger partial charge in [0.15, 0.2) is 0 Å². The molecule has 1 N–H and O–H groups in total. The monoisotopic (exact) mass is 407 g/mol. The summed E-state index contributed by atoms with van der Waals surface area (Å²) in [5.74, 6) is 0.500. The van der Waals surface area contributed by atoms with E-state index in [9.17, 15) is 4.79 Å². The van der Waals surface area contributed by atoms with E-state index in [1.54, 1.807) is 12.3 Å². The molecule has 24 heavy (non-hydrogen) atoms. The first-order valence-corrected chi connectivity index (χ1v) is 9.13. The first-order chi connectivity index (χ1) is 11.5. The lowest BCUT2D eigenvalue weighted by Gasteiger charge is -2.29. The van der Waals surface area contributed by atoms with E-state index in [-0.39, 0.29) is 11.9 Å². The Morgan fingerprint density at radius 1 is 1.38 bits per heavy atom. The maximum absolute atomic E-state index is 12.4. The molecule has 126 valence electrons. The number of aromatic nitrogens is 1. The molecule has 1 aromatic heterocycles. The van der Waals surface area contributed by atoms with Gasteiger partial charge < -0.3 is 5.32 Å². The lowest BCUT2D eigenvalue weighted by Crippen LogP contribution is -2.37. The largest absolute Gasteiger partial charge is 0.310 e. The fraction of sp³-hybridized carbons (Fsp3) is 0.333. The number of benzene rings is 1. The summed E-state index contributed by atoms with van der Waals surface area (Å²) in [5.41, 5.74) is 1.06. The molecule has 1 amide bonds. The first kappa shape index (κ1) is 17.4. The molecule has 1 aliphatic rings. The number of pyridine rings is 1. The molecule has 1 unspecified atom stereocenters. The maximum atomic E-state index is 12.4. The highest BCUT2D eigenvalue weighted by Gasteiger charge is 2.34. The van der Waals surface area contributed by atoms with Crippen molar-refractivity contribution in [1.82, 2.24) is 9.88 Å². The second-order valence-corrected chi connectivity index (χ2v) is 7.33. The summed E-state index contributed by atoms with van der Waals surface area (Å²) in [6, 6.07) is 12.0. The van der Waals surface area contributed by atoms with E-state index in [1.807, 2.05) is 30.3 Å². The van der Waals surface area contributed by atoms with Crippen LogP contribution in [0.1, 0.15) is 31.4 Å². The normalized spacial score (nSPS) is 15.3. The van der Waals surface area contributed by atoms with Gasteiger partial charge in [-0.1, -0.05) is 29.8 Å². The minimum Gasteiger partial charge on any atom is -0.310 e. The highest BCUT2D eigenvalue weighted by atomic mass is 79.9. The Balaban J connectivity index is 1.69. The number of halogens is 2. The van der Waals surface area contributed by atoms with Gasteiger partial charge >= 0.3 is 0 Å². The predicted octanol–water partition coefficient (Wildman–Crippen LogP) is 4.66. The van der Waals surface area contributed by atoms with Crippen molar-refractivity contribution in [2.24, 2.45) is 0 Å². The lowest BCUT2D eigenvalue weighted by atomic mass is 10.1. The van der Waals surface area contributed by atoms with Crippen LogP contribution >= 0.6 is 27.5 Å². The third-order valence-electron chi connectivity index (χ3n) is 4.19. The van der Waals surface area contributed by atoms with Crippen LogP contribution in [0.25, 0.3) is 0 Å². The molecule has 0 aliphatic heterocycles. The van der Waals surface area contributed by atoms with Crippen LogP contribution in [-0.4, -0.2) is 28.4 Å². The molecule has 3 rings (SSSR count). The van der Waals surface area contributed by atoms with Crippen LogP contribution in [-0.2, 0) is 4.79 Å². The summed E-state index contributed by atoms with van der Waals surface area (Å²) < 4.78 is 0.882. The molecule has 0 saturated heterocycles. The van der Waals surface area contributed by atoms with Crippen LogP contribution < -0.4 is 5.32 Å². The van der Waals surface area contributed by atoms with Crippen LogP contribution in [0.5, 0.6) is 0 Å². The molecule has 1 fully saturated rings. The van der Waals surface area contributed by atoms with Crippen LogP contribution in [0.2, 0.25) is 5.02 Å². The van der Waals surface area contributed by atoms with Crippen LogP contribution in [0.4, 0.5) is 5.82 Å². The molecule has 1 aliphatic carbocycles. The number of rotatable bonds is 6. The molecule has 6 heteroatoms. The second-order valence-electron chi connectivity index (χ2n) is 6.01. The molecular formula is C18H19BrClN3O. The number of hydrogen-bond donors (Lipinski definition) is 1. The maximum Gasteiger partial charge on any atom is 0.239 e. The zero-order chi connectivity index (χ0) is 17.1. The van der Waals surface area contributed by atoms with Gasteiger partial charge in [0.2, 0.25) is 5.91 Å². The van der Waals surface area contributed by atoms with E-state index in [0.717, 1.165) is 27.9 Å². The van der Waals surface area contributed by atoms with E-state index >= 15 is 0 Å². The smallest absolute Gasteiger partial charge is 0.239 e. The average Bonchev–Trinajstić information content (AvgIpc) is 3.39. The molecule has 0 radical (unpaired) electrons. The zero-order valence-electron chi connectivity index (χ0n) is 13.4. The van der Waals surface area contributed by atoms with Crippen molar-refractivity contribution in [2.45, 2.75) is 31.8 Å². The van der Waals surface area contributed by atoms with Gasteiger partial charge in [-0.3, -0.25) is 9.69 Å². The number of carbonyl (C=O) groups excluding carboxylic acids is 1. The number of nitrogens with zero attached hydrogens (tertiary/aromatic N) is 2. The average molecular weight is 409 g/mol. The lowest BCUT2D eigenvalue weighted by molar-refractivity contribution is -0.118. The predicted molar refractivity (Wildman–Crippen MR) is 100 cm³/mol. The Morgan fingerprint density at radius 3 is 2.75 bits per heavy atom. The summed E-state index contributed by atoms with van der Waals surface area (Å²) in [7, 11) is 0. The number of carbonyl (C=O) groups is 1. The van der Waals surface area contributed by atoms with Gasteiger partial charge in [-0.05, 0) is 59.5 Å². The van der Waals surface area contributed by atoms with Gasteiger partial charge in [-0.25, -0.2) is 4.98 Å². The number of anilines is 1. The third-order valence-corrected chi connectivity index (χ3v) is 5.00. The van der Waals surface area contributed by atoms with Crippen molar-refractivity contribution in [3.05, 3.63) is 57.7 Å². The van der Waals surface area contributed by atoms with E-state index in [2.05, 4.69) is 38.1 Å². The zero-order valence-corrected chi connectivity index (χ0v) is 15.7. The molecule has 1 saturated carbocycles. The Hall–Kier alpha value is -1.43. The third kappa shape index (κ3) is 4.35. The van der Waals surface area contributed by atoms with Crippen molar-refractivity contribution in [2.75, 3.05) is 11.9 Å². The Labute approximate surface area is 155 Å². The standard InChI is InChI=1S/C18H19BrClN3O/c1-12(15-4-2-3-5-16(15)20)23(14-7-8-14)11-18(24)22-17-9-6-13(19)10-21-17/h2-6,9-10,12,14H,7-8,11H2,1H3,(H,21,22,24). The summed E-state index contributed by atoms with van der Waals surface area (Å²) in [5, 5.41) is 3.60. The van der Waals surface area contributed by atoms with E-state index < -0.39 is 0 Å².